The summed E-state index contributed by atoms with van der Waals surface area (Å²) in [6.45, 7) is 1.87. The van der Waals surface area contributed by atoms with Crippen molar-refractivity contribution in [2.75, 3.05) is 0 Å². The Morgan fingerprint density at radius 2 is 2.21 bits per heavy atom. The predicted molar refractivity (Wildman–Crippen MR) is 52.2 cm³/mol. The number of benzene rings is 1. The highest BCUT2D eigenvalue weighted by molar-refractivity contribution is 5.73. The number of phenolic OH excluding ortho intramolecular Hbond substituents is 1. The maximum atomic E-state index is 10.5. The van der Waals surface area contributed by atoms with Crippen LogP contribution in [0.15, 0.2) is 18.2 Å². The van der Waals surface area contributed by atoms with Crippen LogP contribution in [0.5, 0.6) is 5.75 Å². The second-order valence-electron chi connectivity index (χ2n) is 3.28. The summed E-state index contributed by atoms with van der Waals surface area (Å²) in [5, 5.41) is 18.0. The topological polar surface area (TPSA) is 83.5 Å². The van der Waals surface area contributed by atoms with E-state index in [1.165, 1.54) is 0 Å². The van der Waals surface area contributed by atoms with Crippen LogP contribution in [-0.4, -0.2) is 22.2 Å². The molecule has 0 spiro atoms. The fourth-order valence-electron chi connectivity index (χ4n) is 1.20. The van der Waals surface area contributed by atoms with E-state index in [1.807, 2.05) is 6.92 Å². The molecule has 0 aliphatic heterocycles. The first-order valence-electron chi connectivity index (χ1n) is 4.27. The van der Waals surface area contributed by atoms with Gasteiger partial charge in [0.15, 0.2) is 0 Å². The molecule has 0 saturated heterocycles. The van der Waals surface area contributed by atoms with Gasteiger partial charge in [0.25, 0.3) is 0 Å². The van der Waals surface area contributed by atoms with Gasteiger partial charge in [-0.15, -0.1) is 0 Å². The van der Waals surface area contributed by atoms with Crippen molar-refractivity contribution in [2.45, 2.75) is 19.4 Å². The van der Waals surface area contributed by atoms with Gasteiger partial charge in [0.1, 0.15) is 11.8 Å². The van der Waals surface area contributed by atoms with Crippen LogP contribution in [0.3, 0.4) is 0 Å². The number of rotatable bonds is 3. The molecule has 76 valence electrons. The zero-order valence-electron chi connectivity index (χ0n) is 7.90. The molecule has 0 bridgehead atoms. The van der Waals surface area contributed by atoms with Crippen LogP contribution in [-0.2, 0) is 11.2 Å². The van der Waals surface area contributed by atoms with Gasteiger partial charge in [-0.05, 0) is 18.6 Å². The summed E-state index contributed by atoms with van der Waals surface area (Å²) in [5.41, 5.74) is 6.89. The van der Waals surface area contributed by atoms with Crippen molar-refractivity contribution in [3.05, 3.63) is 29.3 Å². The molecule has 1 aromatic rings. The van der Waals surface area contributed by atoms with Crippen molar-refractivity contribution in [3.8, 4) is 5.75 Å². The van der Waals surface area contributed by atoms with Crippen LogP contribution in [0, 0.1) is 6.92 Å². The molecular weight excluding hydrogens is 182 g/mol. The number of aromatic hydroxyl groups is 1. The van der Waals surface area contributed by atoms with E-state index in [-0.39, 0.29) is 12.2 Å². The smallest absolute Gasteiger partial charge is 0.320 e. The highest BCUT2D eigenvalue weighted by atomic mass is 16.4. The molecule has 0 saturated carbocycles. The van der Waals surface area contributed by atoms with Gasteiger partial charge in [0, 0.05) is 6.42 Å². The third kappa shape index (κ3) is 2.47. The molecule has 0 aliphatic rings. The molecule has 0 aromatic heterocycles. The third-order valence-electron chi connectivity index (χ3n) is 1.99. The van der Waals surface area contributed by atoms with E-state index in [2.05, 4.69) is 0 Å². The van der Waals surface area contributed by atoms with Gasteiger partial charge in [0.05, 0.1) is 0 Å². The molecule has 0 amide bonds. The monoisotopic (exact) mass is 195 g/mol. The molecule has 0 fully saturated rings. The Bertz CT molecular complexity index is 349. The Kier molecular flexibility index (Phi) is 3.09. The van der Waals surface area contributed by atoms with E-state index >= 15 is 0 Å². The maximum Gasteiger partial charge on any atom is 0.320 e. The summed E-state index contributed by atoms with van der Waals surface area (Å²) in [5.74, 6) is -0.974. The van der Waals surface area contributed by atoms with E-state index in [4.69, 9.17) is 10.8 Å². The van der Waals surface area contributed by atoms with Crippen molar-refractivity contribution in [2.24, 2.45) is 5.73 Å². The fourth-order valence-corrected chi connectivity index (χ4v) is 1.20. The molecule has 14 heavy (non-hydrogen) atoms. The number of carboxylic acids is 1. The van der Waals surface area contributed by atoms with Crippen LogP contribution >= 0.6 is 0 Å². The highest BCUT2D eigenvalue weighted by Gasteiger charge is 2.14. The van der Waals surface area contributed by atoms with Gasteiger partial charge in [-0.1, -0.05) is 17.7 Å². The van der Waals surface area contributed by atoms with Crippen molar-refractivity contribution in [1.82, 2.24) is 0 Å². The van der Waals surface area contributed by atoms with Gasteiger partial charge < -0.3 is 15.9 Å². The number of aliphatic carboxylic acids is 1. The van der Waals surface area contributed by atoms with Crippen molar-refractivity contribution in [3.63, 3.8) is 0 Å². The second kappa shape index (κ2) is 4.11. The summed E-state index contributed by atoms with van der Waals surface area (Å²) in [6.07, 6.45) is 0.142. The maximum absolute atomic E-state index is 10.5. The van der Waals surface area contributed by atoms with Gasteiger partial charge in [-0.2, -0.15) is 0 Å². The number of aryl methyl sites for hydroxylation is 1. The van der Waals surface area contributed by atoms with Gasteiger partial charge in [-0.3, -0.25) is 4.79 Å². The Labute approximate surface area is 82.0 Å². The SMILES string of the molecule is Cc1ccc(O)c(CC(N)C(=O)O)c1. The highest BCUT2D eigenvalue weighted by Crippen LogP contribution is 2.19. The van der Waals surface area contributed by atoms with E-state index in [9.17, 15) is 9.90 Å². The largest absolute Gasteiger partial charge is 0.508 e. The molecule has 1 unspecified atom stereocenters. The number of nitrogens with two attached hydrogens (primary N) is 1. The lowest BCUT2D eigenvalue weighted by Gasteiger charge is -2.08. The molecule has 4 nitrogen and oxygen atoms in total. The normalized spacial score (nSPS) is 12.4. The third-order valence-corrected chi connectivity index (χ3v) is 1.99. The summed E-state index contributed by atoms with van der Waals surface area (Å²) in [7, 11) is 0. The number of phenols is 1. The minimum Gasteiger partial charge on any atom is -0.508 e. The van der Waals surface area contributed by atoms with Gasteiger partial charge >= 0.3 is 5.97 Å². The summed E-state index contributed by atoms with van der Waals surface area (Å²) in [6, 6.07) is 4.06. The molecule has 1 aromatic carbocycles. The Morgan fingerprint density at radius 1 is 1.57 bits per heavy atom. The van der Waals surface area contributed by atoms with Crippen LogP contribution in [0.4, 0.5) is 0 Å². The summed E-state index contributed by atoms with van der Waals surface area (Å²) < 4.78 is 0. The lowest BCUT2D eigenvalue weighted by atomic mass is 10.0. The molecule has 4 heteroatoms. The summed E-state index contributed by atoms with van der Waals surface area (Å²) in [4.78, 5) is 10.5. The second-order valence-corrected chi connectivity index (χ2v) is 3.28. The van der Waals surface area contributed by atoms with Crippen LogP contribution in [0.1, 0.15) is 11.1 Å². The van der Waals surface area contributed by atoms with Gasteiger partial charge in [0.2, 0.25) is 0 Å². The predicted octanol–water partition coefficient (Wildman–Crippen LogP) is 0.655. The minimum absolute atomic E-state index is 0.0901. The van der Waals surface area contributed by atoms with Gasteiger partial charge in [-0.25, -0.2) is 0 Å². The zero-order valence-corrected chi connectivity index (χ0v) is 7.90. The Morgan fingerprint density at radius 3 is 2.79 bits per heavy atom. The molecule has 1 atom stereocenters. The number of carbonyl (C=O) groups is 1. The van der Waals surface area contributed by atoms with E-state index < -0.39 is 12.0 Å². The molecule has 1 rings (SSSR count). The van der Waals surface area contributed by atoms with E-state index in [1.54, 1.807) is 18.2 Å². The molecular formula is C10H13NO3. The van der Waals surface area contributed by atoms with Crippen LogP contribution in [0.25, 0.3) is 0 Å². The molecule has 0 heterocycles. The average molecular weight is 195 g/mol. The minimum atomic E-state index is -1.06. The first-order chi connectivity index (χ1) is 6.50. The van der Waals surface area contributed by atoms with Crippen molar-refractivity contribution in [1.29, 1.82) is 0 Å². The average Bonchev–Trinajstić information content (AvgIpc) is 2.11. The quantitative estimate of drug-likeness (QED) is 0.661. The van der Waals surface area contributed by atoms with Crippen LogP contribution < -0.4 is 5.73 Å². The standard InChI is InChI=1S/C10H13NO3/c1-6-2-3-9(12)7(4-6)5-8(11)10(13)14/h2-4,8,12H,5,11H2,1H3,(H,13,14). The number of carboxylic acid groups (broad SMARTS) is 1. The fraction of sp³-hybridized carbons (Fsp3) is 0.300. The van der Waals surface area contributed by atoms with Crippen molar-refractivity contribution < 1.29 is 15.0 Å². The first-order valence-corrected chi connectivity index (χ1v) is 4.27. The van der Waals surface area contributed by atoms with E-state index in [0.29, 0.717) is 5.56 Å². The number of hydrogen-bond donors (Lipinski definition) is 3. The van der Waals surface area contributed by atoms with Crippen molar-refractivity contribution >= 4 is 5.97 Å². The molecule has 0 aliphatic carbocycles. The Balaban J connectivity index is 2.85. The van der Waals surface area contributed by atoms with Crippen LogP contribution in [0.2, 0.25) is 0 Å². The number of hydrogen-bond acceptors (Lipinski definition) is 3. The molecule has 4 N–H and O–H groups in total. The van der Waals surface area contributed by atoms with E-state index in [0.717, 1.165) is 5.56 Å². The first kappa shape index (κ1) is 10.5. The summed E-state index contributed by atoms with van der Waals surface area (Å²) >= 11 is 0. The molecule has 0 radical (unpaired) electrons. The lowest BCUT2D eigenvalue weighted by Crippen LogP contribution is -2.32. The lowest BCUT2D eigenvalue weighted by molar-refractivity contribution is -0.138. The zero-order chi connectivity index (χ0) is 10.7. The Hall–Kier alpha value is -1.55.